The smallest absolute Gasteiger partial charge is 0.336 e. The van der Waals surface area contributed by atoms with Crippen molar-refractivity contribution in [2.24, 2.45) is 0 Å². The first-order chi connectivity index (χ1) is 13.5. The van der Waals surface area contributed by atoms with E-state index >= 15 is 0 Å². The number of aromatic nitrogens is 1. The molecule has 2 amide bonds. The highest BCUT2D eigenvalue weighted by molar-refractivity contribution is 6.10. The summed E-state index contributed by atoms with van der Waals surface area (Å²) >= 11 is 0. The fourth-order valence-electron chi connectivity index (χ4n) is 2.56. The van der Waals surface area contributed by atoms with Crippen LogP contribution in [-0.2, 0) is 6.54 Å². The van der Waals surface area contributed by atoms with Gasteiger partial charge in [0.05, 0.1) is 11.1 Å². The van der Waals surface area contributed by atoms with Crippen molar-refractivity contribution in [1.29, 1.82) is 0 Å². The Labute approximate surface area is 161 Å². The fraction of sp³-hybridized carbons (Fsp3) is 0.0476. The zero-order valence-electron chi connectivity index (χ0n) is 14.8. The van der Waals surface area contributed by atoms with Crippen LogP contribution < -0.4 is 10.6 Å². The van der Waals surface area contributed by atoms with Gasteiger partial charge in [0.25, 0.3) is 11.8 Å². The Morgan fingerprint density at radius 1 is 0.857 bits per heavy atom. The van der Waals surface area contributed by atoms with Crippen molar-refractivity contribution >= 4 is 23.5 Å². The SMILES string of the molecule is O=C(NCc1cccnc1)c1ccc(NC(=O)c2ccccc2C(=O)O)cc1. The summed E-state index contributed by atoms with van der Waals surface area (Å²) in [5, 5.41) is 14.6. The molecule has 0 saturated carbocycles. The topological polar surface area (TPSA) is 108 Å². The van der Waals surface area contributed by atoms with Gasteiger partial charge < -0.3 is 15.7 Å². The molecular formula is C21H17N3O4. The number of pyridine rings is 1. The predicted octanol–water partition coefficient (Wildman–Crippen LogP) is 2.96. The number of carboxylic acid groups (broad SMARTS) is 1. The molecule has 0 bridgehead atoms. The van der Waals surface area contributed by atoms with Crippen molar-refractivity contribution in [3.05, 3.63) is 95.3 Å². The summed E-state index contributed by atoms with van der Waals surface area (Å²) < 4.78 is 0. The van der Waals surface area contributed by atoms with Crippen LogP contribution in [0.1, 0.15) is 36.6 Å². The van der Waals surface area contributed by atoms with Crippen LogP contribution in [0.5, 0.6) is 0 Å². The van der Waals surface area contributed by atoms with Gasteiger partial charge in [-0.3, -0.25) is 14.6 Å². The van der Waals surface area contributed by atoms with E-state index in [0.29, 0.717) is 17.8 Å². The van der Waals surface area contributed by atoms with Crippen LogP contribution in [0, 0.1) is 0 Å². The molecule has 3 aromatic rings. The van der Waals surface area contributed by atoms with Crippen LogP contribution in [0.25, 0.3) is 0 Å². The molecule has 0 unspecified atom stereocenters. The molecule has 0 aliphatic carbocycles. The van der Waals surface area contributed by atoms with Crippen LogP contribution in [0.2, 0.25) is 0 Å². The van der Waals surface area contributed by atoms with E-state index in [0.717, 1.165) is 5.56 Å². The van der Waals surface area contributed by atoms with Gasteiger partial charge in [-0.05, 0) is 48.0 Å². The molecule has 0 spiro atoms. The van der Waals surface area contributed by atoms with Crippen LogP contribution >= 0.6 is 0 Å². The van der Waals surface area contributed by atoms with Gasteiger partial charge in [-0.15, -0.1) is 0 Å². The number of nitrogens with zero attached hydrogens (tertiary/aromatic N) is 1. The van der Waals surface area contributed by atoms with Gasteiger partial charge in [0.2, 0.25) is 0 Å². The Bertz CT molecular complexity index is 1000. The van der Waals surface area contributed by atoms with Crippen LogP contribution in [0.4, 0.5) is 5.69 Å². The summed E-state index contributed by atoms with van der Waals surface area (Å²) in [6.45, 7) is 0.358. The Morgan fingerprint density at radius 2 is 1.57 bits per heavy atom. The molecule has 28 heavy (non-hydrogen) atoms. The Morgan fingerprint density at radius 3 is 2.21 bits per heavy atom. The van der Waals surface area contributed by atoms with Gasteiger partial charge in [0.1, 0.15) is 0 Å². The number of carbonyl (C=O) groups is 3. The van der Waals surface area contributed by atoms with Gasteiger partial charge in [0.15, 0.2) is 0 Å². The monoisotopic (exact) mass is 375 g/mol. The molecule has 2 aromatic carbocycles. The normalized spacial score (nSPS) is 10.1. The van der Waals surface area contributed by atoms with Gasteiger partial charge in [-0.2, -0.15) is 0 Å². The number of benzene rings is 2. The van der Waals surface area contributed by atoms with E-state index in [4.69, 9.17) is 0 Å². The van der Waals surface area contributed by atoms with Crippen molar-refractivity contribution in [2.75, 3.05) is 5.32 Å². The van der Waals surface area contributed by atoms with Crippen LogP contribution in [-0.4, -0.2) is 27.9 Å². The molecule has 140 valence electrons. The fourth-order valence-corrected chi connectivity index (χ4v) is 2.56. The van der Waals surface area contributed by atoms with E-state index in [1.54, 1.807) is 54.9 Å². The van der Waals surface area contributed by atoms with Gasteiger partial charge in [0, 0.05) is 30.2 Å². The molecule has 0 radical (unpaired) electrons. The maximum absolute atomic E-state index is 12.4. The molecule has 0 fully saturated rings. The average molecular weight is 375 g/mol. The number of aromatic carboxylic acids is 1. The van der Waals surface area contributed by atoms with Crippen molar-refractivity contribution in [1.82, 2.24) is 10.3 Å². The quantitative estimate of drug-likeness (QED) is 0.614. The van der Waals surface area contributed by atoms with Crippen molar-refractivity contribution in [3.63, 3.8) is 0 Å². The van der Waals surface area contributed by atoms with E-state index in [-0.39, 0.29) is 17.0 Å². The second kappa shape index (κ2) is 8.59. The van der Waals surface area contributed by atoms with E-state index in [1.807, 2.05) is 6.07 Å². The molecule has 0 aliphatic rings. The highest BCUT2D eigenvalue weighted by Gasteiger charge is 2.16. The number of amides is 2. The molecule has 1 aromatic heterocycles. The standard InChI is InChI=1S/C21H17N3O4/c25-19(23-13-14-4-3-11-22-12-14)15-7-9-16(10-8-15)24-20(26)17-5-1-2-6-18(17)21(27)28/h1-12H,13H2,(H,23,25)(H,24,26)(H,27,28). The zero-order valence-corrected chi connectivity index (χ0v) is 14.8. The van der Waals surface area contributed by atoms with Crippen molar-refractivity contribution < 1.29 is 19.5 Å². The number of carbonyl (C=O) groups excluding carboxylic acids is 2. The molecule has 7 heteroatoms. The lowest BCUT2D eigenvalue weighted by atomic mass is 10.1. The predicted molar refractivity (Wildman–Crippen MR) is 103 cm³/mol. The Hall–Kier alpha value is -4.00. The van der Waals surface area contributed by atoms with E-state index in [9.17, 15) is 19.5 Å². The Balaban J connectivity index is 1.63. The lowest BCUT2D eigenvalue weighted by Gasteiger charge is -2.09. The number of anilines is 1. The van der Waals surface area contributed by atoms with Gasteiger partial charge in [-0.25, -0.2) is 4.79 Å². The zero-order chi connectivity index (χ0) is 19.9. The average Bonchev–Trinajstić information content (AvgIpc) is 2.73. The first kappa shape index (κ1) is 18.8. The largest absolute Gasteiger partial charge is 0.478 e. The first-order valence-corrected chi connectivity index (χ1v) is 8.45. The third kappa shape index (κ3) is 4.59. The summed E-state index contributed by atoms with van der Waals surface area (Å²) in [5.74, 6) is -1.96. The molecule has 3 rings (SSSR count). The van der Waals surface area contributed by atoms with Gasteiger partial charge >= 0.3 is 5.97 Å². The number of hydrogen-bond acceptors (Lipinski definition) is 4. The number of carboxylic acids is 1. The van der Waals surface area contributed by atoms with Crippen LogP contribution in [0.15, 0.2) is 73.1 Å². The lowest BCUT2D eigenvalue weighted by Crippen LogP contribution is -2.22. The van der Waals surface area contributed by atoms with Crippen molar-refractivity contribution in [2.45, 2.75) is 6.54 Å². The van der Waals surface area contributed by atoms with E-state index < -0.39 is 11.9 Å². The molecule has 0 aliphatic heterocycles. The summed E-state index contributed by atoms with van der Waals surface area (Å²) in [4.78, 5) is 39.8. The maximum Gasteiger partial charge on any atom is 0.336 e. The van der Waals surface area contributed by atoms with Crippen LogP contribution in [0.3, 0.4) is 0 Å². The first-order valence-electron chi connectivity index (χ1n) is 8.45. The molecule has 0 saturated heterocycles. The minimum Gasteiger partial charge on any atom is -0.478 e. The Kier molecular flexibility index (Phi) is 5.76. The summed E-state index contributed by atoms with van der Waals surface area (Å²) in [6.07, 6.45) is 3.33. The van der Waals surface area contributed by atoms with Crippen molar-refractivity contribution in [3.8, 4) is 0 Å². The van der Waals surface area contributed by atoms with Gasteiger partial charge in [-0.1, -0.05) is 18.2 Å². The molecule has 7 nitrogen and oxygen atoms in total. The summed E-state index contributed by atoms with van der Waals surface area (Å²) in [7, 11) is 0. The maximum atomic E-state index is 12.4. The van der Waals surface area contributed by atoms with E-state index in [1.165, 1.54) is 12.1 Å². The third-order valence-corrected chi connectivity index (χ3v) is 3.98. The minimum absolute atomic E-state index is 0.0632. The number of hydrogen-bond donors (Lipinski definition) is 3. The highest BCUT2D eigenvalue weighted by atomic mass is 16.4. The molecule has 3 N–H and O–H groups in total. The highest BCUT2D eigenvalue weighted by Crippen LogP contribution is 2.14. The summed E-state index contributed by atoms with van der Waals surface area (Å²) in [5.41, 5.74) is 1.76. The second-order valence-corrected chi connectivity index (χ2v) is 5.93. The molecular weight excluding hydrogens is 358 g/mol. The number of rotatable bonds is 6. The third-order valence-electron chi connectivity index (χ3n) is 3.98. The second-order valence-electron chi connectivity index (χ2n) is 5.93. The lowest BCUT2D eigenvalue weighted by molar-refractivity contribution is 0.0692. The number of nitrogens with one attached hydrogen (secondary N) is 2. The molecule has 1 heterocycles. The summed E-state index contributed by atoms with van der Waals surface area (Å²) in [6, 6.07) is 15.9. The molecule has 0 atom stereocenters. The van der Waals surface area contributed by atoms with E-state index in [2.05, 4.69) is 15.6 Å². The minimum atomic E-state index is -1.17.